The molecule has 27 heavy (non-hydrogen) atoms. The second kappa shape index (κ2) is 6.90. The number of nitrogens with one attached hydrogen (secondary N) is 1. The first kappa shape index (κ1) is 17.9. The fourth-order valence-electron chi connectivity index (χ4n) is 4.41. The molecular formula is C19H25N5O3. The predicted octanol–water partition coefficient (Wildman–Crippen LogP) is 0.532. The highest BCUT2D eigenvalue weighted by Gasteiger charge is 2.55. The number of nitrogens with zero attached hydrogens (tertiary/aromatic N) is 4. The van der Waals surface area contributed by atoms with Crippen LogP contribution in [0.5, 0.6) is 0 Å². The van der Waals surface area contributed by atoms with Crippen molar-refractivity contribution in [2.75, 3.05) is 24.5 Å². The average Bonchev–Trinajstić information content (AvgIpc) is 3.47. The number of aromatic nitrogens is 2. The molecule has 1 aliphatic carbocycles. The maximum Gasteiger partial charge on any atom is 0.228 e. The fraction of sp³-hybridized carbons (Fsp3) is 0.632. The lowest BCUT2D eigenvalue weighted by molar-refractivity contribution is -0.133. The number of piperazine rings is 1. The molecule has 3 fully saturated rings. The van der Waals surface area contributed by atoms with E-state index in [2.05, 4.69) is 27.3 Å². The molecule has 4 rings (SSSR count). The molecule has 2 aliphatic heterocycles. The second-order valence-electron chi connectivity index (χ2n) is 7.86. The van der Waals surface area contributed by atoms with Crippen LogP contribution in [0.4, 0.5) is 5.82 Å². The number of amides is 2. The molecular weight excluding hydrogens is 346 g/mol. The van der Waals surface area contributed by atoms with Gasteiger partial charge in [0.2, 0.25) is 11.8 Å². The van der Waals surface area contributed by atoms with Crippen LogP contribution in [0.1, 0.15) is 39.0 Å². The molecule has 3 aliphatic rings. The molecule has 1 aromatic heterocycles. The van der Waals surface area contributed by atoms with Gasteiger partial charge in [-0.05, 0) is 44.2 Å². The van der Waals surface area contributed by atoms with E-state index >= 15 is 0 Å². The van der Waals surface area contributed by atoms with Gasteiger partial charge in [-0.25, -0.2) is 0 Å². The van der Waals surface area contributed by atoms with Crippen LogP contribution in [0.3, 0.4) is 0 Å². The van der Waals surface area contributed by atoms with Gasteiger partial charge in [-0.3, -0.25) is 14.4 Å². The summed E-state index contributed by atoms with van der Waals surface area (Å²) in [6.45, 7) is 4.01. The van der Waals surface area contributed by atoms with Crippen molar-refractivity contribution in [2.24, 2.45) is 5.92 Å². The molecule has 0 radical (unpaired) electrons. The zero-order valence-corrected chi connectivity index (χ0v) is 15.6. The normalized spacial score (nSPS) is 28.4. The van der Waals surface area contributed by atoms with Crippen molar-refractivity contribution in [1.29, 1.82) is 0 Å². The summed E-state index contributed by atoms with van der Waals surface area (Å²) in [4.78, 5) is 40.9. The number of hydrogen-bond donors (Lipinski definition) is 1. The maximum atomic E-state index is 12.8. The van der Waals surface area contributed by atoms with Gasteiger partial charge in [-0.2, -0.15) is 5.10 Å². The van der Waals surface area contributed by atoms with E-state index < -0.39 is 5.54 Å². The van der Waals surface area contributed by atoms with Crippen molar-refractivity contribution in [1.82, 2.24) is 20.4 Å². The molecule has 8 heteroatoms. The molecule has 1 saturated carbocycles. The summed E-state index contributed by atoms with van der Waals surface area (Å²) in [7, 11) is 0. The Morgan fingerprint density at radius 1 is 1.33 bits per heavy atom. The zero-order valence-electron chi connectivity index (χ0n) is 15.6. The second-order valence-corrected chi connectivity index (χ2v) is 7.86. The van der Waals surface area contributed by atoms with Gasteiger partial charge >= 0.3 is 0 Å². The molecule has 2 amide bonds. The van der Waals surface area contributed by atoms with E-state index in [9.17, 15) is 14.4 Å². The highest BCUT2D eigenvalue weighted by Crippen LogP contribution is 2.45. The van der Waals surface area contributed by atoms with Crippen LogP contribution in [-0.4, -0.2) is 63.9 Å². The number of carbonyl (C=O) groups is 3. The molecule has 8 nitrogen and oxygen atoms in total. The van der Waals surface area contributed by atoms with Gasteiger partial charge in [0.15, 0.2) is 11.6 Å². The number of hydrogen-bond acceptors (Lipinski definition) is 6. The molecule has 144 valence electrons. The number of rotatable bonds is 5. The van der Waals surface area contributed by atoms with Crippen LogP contribution in [0.25, 0.3) is 0 Å². The van der Waals surface area contributed by atoms with Gasteiger partial charge in [-0.15, -0.1) is 5.10 Å². The molecule has 1 unspecified atom stereocenters. The Balaban J connectivity index is 1.35. The van der Waals surface area contributed by atoms with E-state index in [1.165, 1.54) is 0 Å². The van der Waals surface area contributed by atoms with Crippen LogP contribution >= 0.6 is 0 Å². The Kier molecular flexibility index (Phi) is 4.57. The predicted molar refractivity (Wildman–Crippen MR) is 97.9 cm³/mol. The summed E-state index contributed by atoms with van der Waals surface area (Å²) in [6.07, 6.45) is 4.22. The number of ketones is 1. The third-order valence-corrected chi connectivity index (χ3v) is 6.02. The minimum absolute atomic E-state index is 0.0383. The van der Waals surface area contributed by atoms with Crippen molar-refractivity contribution in [2.45, 2.75) is 50.6 Å². The standard InChI is InChI=1S/C19H25N5O3/c1-13-12-23(9-10-24(13)16-3-2-8-20-22-16)18(27)6-7-19(14-4-5-14)15(25)11-17(26)21-19/h2-3,8,13-14H,4-7,9-12H2,1H3,(H,21,26)/t13-,19?/m0/s1. The Morgan fingerprint density at radius 2 is 2.15 bits per heavy atom. The maximum absolute atomic E-state index is 12.8. The quantitative estimate of drug-likeness (QED) is 0.759. The van der Waals surface area contributed by atoms with E-state index in [0.29, 0.717) is 32.5 Å². The van der Waals surface area contributed by atoms with E-state index in [1.807, 2.05) is 17.0 Å². The minimum atomic E-state index is -0.792. The monoisotopic (exact) mass is 371 g/mol. The summed E-state index contributed by atoms with van der Waals surface area (Å²) in [5.74, 6) is 0.838. The molecule has 1 aromatic rings. The van der Waals surface area contributed by atoms with Gasteiger partial charge in [0.25, 0.3) is 0 Å². The first-order valence-electron chi connectivity index (χ1n) is 9.66. The number of carbonyl (C=O) groups excluding carboxylic acids is 3. The largest absolute Gasteiger partial charge is 0.349 e. The van der Waals surface area contributed by atoms with Gasteiger partial charge in [0.05, 0.1) is 6.42 Å². The van der Waals surface area contributed by atoms with Crippen LogP contribution in [0.2, 0.25) is 0 Å². The smallest absolute Gasteiger partial charge is 0.228 e. The lowest BCUT2D eigenvalue weighted by atomic mass is 9.85. The van der Waals surface area contributed by atoms with Crippen molar-refractivity contribution in [3.05, 3.63) is 18.3 Å². The Hall–Kier alpha value is -2.51. The van der Waals surface area contributed by atoms with Crippen LogP contribution < -0.4 is 10.2 Å². The third kappa shape index (κ3) is 3.40. The van der Waals surface area contributed by atoms with Crippen molar-refractivity contribution in [3.63, 3.8) is 0 Å². The summed E-state index contributed by atoms with van der Waals surface area (Å²) >= 11 is 0. The Labute approximate surface area is 158 Å². The summed E-state index contributed by atoms with van der Waals surface area (Å²) in [5.41, 5.74) is -0.792. The number of anilines is 1. The first-order chi connectivity index (χ1) is 13.0. The summed E-state index contributed by atoms with van der Waals surface area (Å²) in [6, 6.07) is 3.93. The molecule has 1 N–H and O–H groups in total. The van der Waals surface area contributed by atoms with Crippen LogP contribution in [0.15, 0.2) is 18.3 Å². The van der Waals surface area contributed by atoms with E-state index in [4.69, 9.17) is 0 Å². The van der Waals surface area contributed by atoms with Crippen LogP contribution in [-0.2, 0) is 14.4 Å². The molecule has 0 bridgehead atoms. The lowest BCUT2D eigenvalue weighted by Gasteiger charge is -2.40. The van der Waals surface area contributed by atoms with E-state index in [-0.39, 0.29) is 36.0 Å². The first-order valence-corrected chi connectivity index (χ1v) is 9.66. The Morgan fingerprint density at radius 3 is 2.74 bits per heavy atom. The summed E-state index contributed by atoms with van der Waals surface area (Å²) < 4.78 is 0. The van der Waals surface area contributed by atoms with Crippen molar-refractivity contribution < 1.29 is 14.4 Å². The van der Waals surface area contributed by atoms with Gasteiger partial charge in [0.1, 0.15) is 5.54 Å². The highest BCUT2D eigenvalue weighted by molar-refractivity contribution is 6.10. The molecule has 0 aromatic carbocycles. The average molecular weight is 371 g/mol. The van der Waals surface area contributed by atoms with Crippen molar-refractivity contribution >= 4 is 23.4 Å². The van der Waals surface area contributed by atoms with Gasteiger partial charge in [-0.1, -0.05) is 0 Å². The van der Waals surface area contributed by atoms with E-state index in [0.717, 1.165) is 18.7 Å². The molecule has 2 atom stereocenters. The van der Waals surface area contributed by atoms with Crippen molar-refractivity contribution in [3.8, 4) is 0 Å². The SMILES string of the molecule is C[C@H]1CN(C(=O)CCC2(C3CC3)NC(=O)CC2=O)CCN1c1cccnn1. The van der Waals surface area contributed by atoms with Gasteiger partial charge in [0, 0.05) is 38.3 Å². The molecule has 2 saturated heterocycles. The Bertz CT molecular complexity index is 751. The zero-order chi connectivity index (χ0) is 19.0. The lowest BCUT2D eigenvalue weighted by Crippen LogP contribution is -2.55. The number of Topliss-reactive ketones (excluding diaryl/α,β-unsaturated/α-hetero) is 1. The fourth-order valence-corrected chi connectivity index (χ4v) is 4.41. The third-order valence-electron chi connectivity index (χ3n) is 6.02. The highest BCUT2D eigenvalue weighted by atomic mass is 16.2. The van der Waals surface area contributed by atoms with Gasteiger partial charge < -0.3 is 15.1 Å². The summed E-state index contributed by atoms with van der Waals surface area (Å²) in [5, 5.41) is 11.0. The topological polar surface area (TPSA) is 95.5 Å². The molecule has 3 heterocycles. The molecule has 0 spiro atoms. The minimum Gasteiger partial charge on any atom is -0.349 e. The van der Waals surface area contributed by atoms with Crippen LogP contribution in [0, 0.1) is 5.92 Å². The van der Waals surface area contributed by atoms with E-state index in [1.54, 1.807) is 6.20 Å².